The van der Waals surface area contributed by atoms with Crippen molar-refractivity contribution < 1.29 is 0 Å². The molecule has 1 unspecified atom stereocenters. The van der Waals surface area contributed by atoms with Gasteiger partial charge in [0.15, 0.2) is 0 Å². The Morgan fingerprint density at radius 3 is 1.67 bits per heavy atom. The smallest absolute Gasteiger partial charge is 0.0457 e. The van der Waals surface area contributed by atoms with Gasteiger partial charge in [-0.2, -0.15) is 0 Å². The highest BCUT2D eigenvalue weighted by atomic mass is 35.5. The van der Waals surface area contributed by atoms with E-state index in [1.165, 1.54) is 6.04 Å². The molecule has 0 bridgehead atoms. The Hall–Kier alpha value is 0.467. The molecule has 0 rings (SSSR count). The van der Waals surface area contributed by atoms with Crippen LogP contribution in [0.2, 0.25) is 25.7 Å². The standard InChI is InChI=1S/C6H17NSi.ClH/c1-6(7)5-8(2,3)4;/h6H,5,7H2,1-4H3;1H. The predicted molar refractivity (Wildman–Crippen MR) is 49.1 cm³/mol. The van der Waals surface area contributed by atoms with Gasteiger partial charge in [0.2, 0.25) is 0 Å². The van der Waals surface area contributed by atoms with Crippen molar-refractivity contribution in [1.82, 2.24) is 0 Å². The van der Waals surface area contributed by atoms with Crippen LogP contribution in [-0.4, -0.2) is 14.1 Å². The molecule has 1 nitrogen and oxygen atoms in total. The molecule has 0 aliphatic rings. The van der Waals surface area contributed by atoms with Crippen molar-refractivity contribution in [3.63, 3.8) is 0 Å². The van der Waals surface area contributed by atoms with Crippen LogP contribution in [0.4, 0.5) is 0 Å². The fourth-order valence-corrected chi connectivity index (χ4v) is 2.90. The molecule has 0 spiro atoms. The second-order valence-electron chi connectivity index (χ2n) is 3.74. The van der Waals surface area contributed by atoms with Crippen LogP contribution in [0.5, 0.6) is 0 Å². The minimum atomic E-state index is -0.845. The molecule has 9 heavy (non-hydrogen) atoms. The molecule has 0 heterocycles. The van der Waals surface area contributed by atoms with Gasteiger partial charge in [-0.05, 0) is 12.1 Å². The summed E-state index contributed by atoms with van der Waals surface area (Å²) in [5, 5.41) is 0. The van der Waals surface area contributed by atoms with E-state index in [9.17, 15) is 0 Å². The highest BCUT2D eigenvalue weighted by molar-refractivity contribution is 6.76. The molecule has 0 saturated heterocycles. The lowest BCUT2D eigenvalue weighted by atomic mass is 10.4. The van der Waals surface area contributed by atoms with E-state index in [1.54, 1.807) is 0 Å². The zero-order valence-electron chi connectivity index (χ0n) is 6.77. The van der Waals surface area contributed by atoms with Gasteiger partial charge in [-0.25, -0.2) is 0 Å². The molecule has 0 aliphatic heterocycles. The molecule has 0 aromatic carbocycles. The zero-order chi connectivity index (χ0) is 6.78. The molecule has 0 aromatic rings. The monoisotopic (exact) mass is 167 g/mol. The topological polar surface area (TPSA) is 26.0 Å². The first-order chi connectivity index (χ1) is 3.42. The molecule has 58 valence electrons. The third-order valence-electron chi connectivity index (χ3n) is 0.934. The van der Waals surface area contributed by atoms with Crippen molar-refractivity contribution in [3.8, 4) is 0 Å². The minimum absolute atomic E-state index is 0. The fourth-order valence-electron chi connectivity index (χ4n) is 0.966. The Kier molecular flexibility index (Phi) is 5.83. The van der Waals surface area contributed by atoms with Crippen molar-refractivity contribution in [2.75, 3.05) is 0 Å². The Balaban J connectivity index is 0. The average Bonchev–Trinajstić information content (AvgIpc) is 1.21. The summed E-state index contributed by atoms with van der Waals surface area (Å²) in [6, 6.07) is 1.65. The number of halogens is 1. The molecular weight excluding hydrogens is 150 g/mol. The first kappa shape index (κ1) is 12.2. The molecule has 3 heteroatoms. The molecule has 1 atom stereocenters. The van der Waals surface area contributed by atoms with Gasteiger partial charge >= 0.3 is 0 Å². The van der Waals surface area contributed by atoms with Gasteiger partial charge in [0, 0.05) is 8.07 Å². The summed E-state index contributed by atoms with van der Waals surface area (Å²) in [6.45, 7) is 9.11. The average molecular weight is 168 g/mol. The largest absolute Gasteiger partial charge is 0.328 e. The van der Waals surface area contributed by atoms with E-state index in [-0.39, 0.29) is 12.4 Å². The van der Waals surface area contributed by atoms with Crippen molar-refractivity contribution >= 4 is 20.5 Å². The van der Waals surface area contributed by atoms with Crippen molar-refractivity contribution in [3.05, 3.63) is 0 Å². The van der Waals surface area contributed by atoms with E-state index in [2.05, 4.69) is 26.6 Å². The summed E-state index contributed by atoms with van der Waals surface area (Å²) in [6.07, 6.45) is 0. The van der Waals surface area contributed by atoms with Gasteiger partial charge in [-0.15, -0.1) is 12.4 Å². The Labute approximate surface area is 65.4 Å². The van der Waals surface area contributed by atoms with Gasteiger partial charge in [-0.1, -0.05) is 26.6 Å². The summed E-state index contributed by atoms with van der Waals surface area (Å²) >= 11 is 0. The van der Waals surface area contributed by atoms with Crippen LogP contribution in [0.25, 0.3) is 0 Å². The van der Waals surface area contributed by atoms with Gasteiger partial charge in [0.25, 0.3) is 0 Å². The Morgan fingerprint density at radius 2 is 1.67 bits per heavy atom. The quantitative estimate of drug-likeness (QED) is 0.627. The highest BCUT2D eigenvalue weighted by Gasteiger charge is 2.13. The van der Waals surface area contributed by atoms with Crippen LogP contribution in [0.15, 0.2) is 0 Å². The van der Waals surface area contributed by atoms with Gasteiger partial charge < -0.3 is 5.73 Å². The first-order valence-electron chi connectivity index (χ1n) is 3.17. The van der Waals surface area contributed by atoms with E-state index < -0.39 is 8.07 Å². The van der Waals surface area contributed by atoms with Crippen LogP contribution in [-0.2, 0) is 0 Å². The fraction of sp³-hybridized carbons (Fsp3) is 1.00. The second-order valence-corrected chi connectivity index (χ2v) is 9.27. The maximum absolute atomic E-state index is 5.61. The minimum Gasteiger partial charge on any atom is -0.328 e. The van der Waals surface area contributed by atoms with Crippen molar-refractivity contribution in [2.45, 2.75) is 38.7 Å². The maximum atomic E-state index is 5.61. The summed E-state index contributed by atoms with van der Waals surface area (Å²) < 4.78 is 0. The summed E-state index contributed by atoms with van der Waals surface area (Å²) in [5.41, 5.74) is 5.61. The lowest BCUT2D eigenvalue weighted by molar-refractivity contribution is 0.816. The SMILES string of the molecule is CC(N)C[Si](C)(C)C.Cl. The molecule has 0 fully saturated rings. The van der Waals surface area contributed by atoms with Gasteiger partial charge in [0.1, 0.15) is 0 Å². The van der Waals surface area contributed by atoms with Crippen molar-refractivity contribution in [1.29, 1.82) is 0 Å². The molecule has 0 amide bonds. The lowest BCUT2D eigenvalue weighted by Crippen LogP contribution is -2.29. The molecule has 0 aromatic heterocycles. The van der Waals surface area contributed by atoms with E-state index in [4.69, 9.17) is 5.73 Å². The van der Waals surface area contributed by atoms with Gasteiger partial charge in [-0.3, -0.25) is 0 Å². The summed E-state index contributed by atoms with van der Waals surface area (Å²) in [5.74, 6) is 0. The number of nitrogens with two attached hydrogens (primary N) is 1. The normalized spacial score (nSPS) is 14.3. The van der Waals surface area contributed by atoms with E-state index in [0.29, 0.717) is 6.04 Å². The highest BCUT2D eigenvalue weighted by Crippen LogP contribution is 2.08. The molecule has 0 saturated carbocycles. The second kappa shape index (κ2) is 4.31. The van der Waals surface area contributed by atoms with Gasteiger partial charge in [0.05, 0.1) is 0 Å². The van der Waals surface area contributed by atoms with E-state index in [1.807, 2.05) is 0 Å². The van der Waals surface area contributed by atoms with Crippen LogP contribution >= 0.6 is 12.4 Å². The van der Waals surface area contributed by atoms with Crippen LogP contribution in [0.3, 0.4) is 0 Å². The molecule has 0 aliphatic carbocycles. The Bertz CT molecular complexity index is 67.9. The number of hydrogen-bond acceptors (Lipinski definition) is 1. The molecule has 2 N–H and O–H groups in total. The lowest BCUT2D eigenvalue weighted by Gasteiger charge is -2.17. The predicted octanol–water partition coefficient (Wildman–Crippen LogP) is 2.09. The van der Waals surface area contributed by atoms with Crippen LogP contribution < -0.4 is 5.73 Å². The third kappa shape index (κ3) is 11.8. The van der Waals surface area contributed by atoms with Crippen LogP contribution in [0.1, 0.15) is 6.92 Å². The number of rotatable bonds is 2. The van der Waals surface area contributed by atoms with Crippen LogP contribution in [0, 0.1) is 0 Å². The van der Waals surface area contributed by atoms with Crippen molar-refractivity contribution in [2.24, 2.45) is 5.73 Å². The van der Waals surface area contributed by atoms with E-state index >= 15 is 0 Å². The maximum Gasteiger partial charge on any atom is 0.0457 e. The first-order valence-corrected chi connectivity index (χ1v) is 6.88. The number of hydrogen-bond donors (Lipinski definition) is 1. The molecule has 0 radical (unpaired) electrons. The third-order valence-corrected chi connectivity index (χ3v) is 2.80. The zero-order valence-corrected chi connectivity index (χ0v) is 8.59. The Morgan fingerprint density at radius 1 is 1.33 bits per heavy atom. The van der Waals surface area contributed by atoms with E-state index in [0.717, 1.165) is 0 Å². The summed E-state index contributed by atoms with van der Waals surface area (Å²) in [7, 11) is -0.845. The summed E-state index contributed by atoms with van der Waals surface area (Å²) in [4.78, 5) is 0. The molecular formula is C6H18ClNSi.